The van der Waals surface area contributed by atoms with Gasteiger partial charge in [0.05, 0.1) is 17.7 Å². The third kappa shape index (κ3) is 1.44. The normalized spacial score (nSPS) is 17.6. The van der Waals surface area contributed by atoms with E-state index in [0.29, 0.717) is 18.1 Å². The highest BCUT2D eigenvalue weighted by molar-refractivity contribution is 5.71. The Bertz CT molecular complexity index is 530. The van der Waals surface area contributed by atoms with Crippen molar-refractivity contribution in [3.63, 3.8) is 0 Å². The van der Waals surface area contributed by atoms with Gasteiger partial charge >= 0.3 is 0 Å². The molecule has 1 saturated carbocycles. The summed E-state index contributed by atoms with van der Waals surface area (Å²) in [6.45, 7) is 2.54. The Morgan fingerprint density at radius 2 is 2.25 bits per heavy atom. The van der Waals surface area contributed by atoms with Crippen LogP contribution in [0, 0.1) is 0 Å². The summed E-state index contributed by atoms with van der Waals surface area (Å²) >= 11 is 0. The lowest BCUT2D eigenvalue weighted by atomic mass is 10.3. The number of aromatic amines is 1. The van der Waals surface area contributed by atoms with Gasteiger partial charge in [-0.05, 0) is 25.8 Å². The summed E-state index contributed by atoms with van der Waals surface area (Å²) in [7, 11) is 0. The second kappa shape index (κ2) is 3.18. The minimum Gasteiger partial charge on any atom is -0.478 e. The van der Waals surface area contributed by atoms with E-state index in [9.17, 15) is 0 Å². The van der Waals surface area contributed by atoms with Crippen LogP contribution >= 0.6 is 0 Å². The van der Waals surface area contributed by atoms with Crippen molar-refractivity contribution in [2.24, 2.45) is 5.73 Å². The molecular weight excluding hydrogens is 204 g/mol. The van der Waals surface area contributed by atoms with E-state index >= 15 is 0 Å². The van der Waals surface area contributed by atoms with Gasteiger partial charge in [0, 0.05) is 6.07 Å². The van der Waals surface area contributed by atoms with Crippen LogP contribution in [0.4, 0.5) is 0 Å². The Labute approximate surface area is 93.0 Å². The van der Waals surface area contributed by atoms with Crippen LogP contribution in [0.2, 0.25) is 0 Å². The Hall–Kier alpha value is -1.62. The first kappa shape index (κ1) is 9.59. The number of nitrogens with one attached hydrogen (secondary N) is 1. The molecule has 2 aromatic rings. The van der Waals surface area contributed by atoms with Crippen LogP contribution in [0.25, 0.3) is 11.2 Å². The number of hydrogen-bond acceptors (Lipinski definition) is 4. The Morgan fingerprint density at radius 3 is 2.94 bits per heavy atom. The molecule has 2 aromatic heterocycles. The first-order valence-electron chi connectivity index (χ1n) is 5.50. The monoisotopic (exact) mass is 218 g/mol. The largest absolute Gasteiger partial charge is 0.478 e. The van der Waals surface area contributed by atoms with Crippen LogP contribution in [0.15, 0.2) is 12.1 Å². The molecule has 0 saturated heterocycles. The van der Waals surface area contributed by atoms with Gasteiger partial charge in [-0.25, -0.2) is 4.98 Å². The second-order valence-corrected chi connectivity index (χ2v) is 4.20. The summed E-state index contributed by atoms with van der Waals surface area (Å²) in [5.74, 6) is 1.44. The third-order valence-corrected chi connectivity index (χ3v) is 2.87. The fourth-order valence-electron chi connectivity index (χ4n) is 1.71. The summed E-state index contributed by atoms with van der Waals surface area (Å²) < 4.78 is 5.33. The molecule has 5 nitrogen and oxygen atoms in total. The molecular formula is C11H14N4O. The van der Waals surface area contributed by atoms with E-state index in [4.69, 9.17) is 10.5 Å². The zero-order valence-electron chi connectivity index (χ0n) is 9.16. The van der Waals surface area contributed by atoms with Crippen LogP contribution < -0.4 is 10.5 Å². The summed E-state index contributed by atoms with van der Waals surface area (Å²) in [6.07, 6.45) is 1.98. The summed E-state index contributed by atoms with van der Waals surface area (Å²) in [5, 5.41) is 0. The lowest BCUT2D eigenvalue weighted by Crippen LogP contribution is -2.20. The highest BCUT2D eigenvalue weighted by atomic mass is 16.5. The minimum atomic E-state index is -0.244. The molecule has 1 fully saturated rings. The predicted octanol–water partition coefficient (Wildman–Crippen LogP) is 1.30. The quantitative estimate of drug-likeness (QED) is 0.814. The number of ether oxygens (including phenoxy) is 1. The lowest BCUT2D eigenvalue weighted by molar-refractivity contribution is 0.328. The molecule has 0 aromatic carbocycles. The highest BCUT2D eigenvalue weighted by Crippen LogP contribution is 2.41. The van der Waals surface area contributed by atoms with Gasteiger partial charge in [-0.1, -0.05) is 0 Å². The molecule has 0 aliphatic heterocycles. The van der Waals surface area contributed by atoms with Crippen molar-refractivity contribution in [3.8, 4) is 5.88 Å². The van der Waals surface area contributed by atoms with E-state index in [1.807, 2.05) is 19.1 Å². The first-order valence-corrected chi connectivity index (χ1v) is 5.50. The molecule has 0 spiro atoms. The van der Waals surface area contributed by atoms with E-state index in [0.717, 1.165) is 24.2 Å². The number of pyridine rings is 1. The molecule has 1 aliphatic rings. The predicted molar refractivity (Wildman–Crippen MR) is 60.2 cm³/mol. The molecule has 0 radical (unpaired) electrons. The number of nitrogens with two attached hydrogens (primary N) is 1. The molecule has 0 bridgehead atoms. The molecule has 0 unspecified atom stereocenters. The van der Waals surface area contributed by atoms with Crippen molar-refractivity contribution in [3.05, 3.63) is 18.0 Å². The average Bonchev–Trinajstić information content (AvgIpc) is 2.88. The van der Waals surface area contributed by atoms with Crippen LogP contribution in [0.3, 0.4) is 0 Å². The van der Waals surface area contributed by atoms with Crippen molar-refractivity contribution in [1.29, 1.82) is 0 Å². The lowest BCUT2D eigenvalue weighted by Gasteiger charge is -2.01. The third-order valence-electron chi connectivity index (χ3n) is 2.87. The van der Waals surface area contributed by atoms with E-state index in [2.05, 4.69) is 15.0 Å². The smallest absolute Gasteiger partial charge is 0.215 e. The molecule has 2 heterocycles. The van der Waals surface area contributed by atoms with E-state index in [1.54, 1.807) is 0 Å². The maximum Gasteiger partial charge on any atom is 0.215 e. The SMILES string of the molecule is CCOc1ccc2[nH]c(C3(N)CC3)nc2n1. The van der Waals surface area contributed by atoms with Gasteiger partial charge in [0.15, 0.2) is 5.65 Å². The van der Waals surface area contributed by atoms with Crippen LogP contribution in [-0.4, -0.2) is 21.6 Å². The van der Waals surface area contributed by atoms with E-state index in [1.165, 1.54) is 0 Å². The molecule has 84 valence electrons. The number of imidazole rings is 1. The van der Waals surface area contributed by atoms with Gasteiger partial charge in [0.2, 0.25) is 5.88 Å². The number of hydrogen-bond donors (Lipinski definition) is 2. The minimum absolute atomic E-state index is 0.244. The van der Waals surface area contributed by atoms with Gasteiger partial charge in [0.25, 0.3) is 0 Å². The van der Waals surface area contributed by atoms with Crippen molar-refractivity contribution in [2.75, 3.05) is 6.61 Å². The Morgan fingerprint density at radius 1 is 1.44 bits per heavy atom. The number of nitrogens with zero attached hydrogens (tertiary/aromatic N) is 2. The van der Waals surface area contributed by atoms with E-state index in [-0.39, 0.29) is 5.54 Å². The fourth-order valence-corrected chi connectivity index (χ4v) is 1.71. The van der Waals surface area contributed by atoms with Gasteiger partial charge in [-0.3, -0.25) is 0 Å². The van der Waals surface area contributed by atoms with Gasteiger partial charge < -0.3 is 15.5 Å². The molecule has 1 aliphatic carbocycles. The van der Waals surface area contributed by atoms with Crippen LogP contribution in [0.5, 0.6) is 5.88 Å². The number of rotatable bonds is 3. The fraction of sp³-hybridized carbons (Fsp3) is 0.455. The van der Waals surface area contributed by atoms with Crippen LogP contribution in [-0.2, 0) is 5.54 Å². The summed E-state index contributed by atoms with van der Waals surface area (Å²) in [6, 6.07) is 3.76. The Kier molecular flexibility index (Phi) is 1.91. The maximum absolute atomic E-state index is 6.08. The highest BCUT2D eigenvalue weighted by Gasteiger charge is 2.43. The van der Waals surface area contributed by atoms with Crippen molar-refractivity contribution >= 4 is 11.2 Å². The Balaban J connectivity index is 2.04. The summed E-state index contributed by atoms with van der Waals surface area (Å²) in [4.78, 5) is 11.9. The van der Waals surface area contributed by atoms with Gasteiger partial charge in [-0.15, -0.1) is 0 Å². The molecule has 0 amide bonds. The van der Waals surface area contributed by atoms with Crippen molar-refractivity contribution < 1.29 is 4.74 Å². The zero-order chi connectivity index (χ0) is 11.2. The van der Waals surface area contributed by atoms with Crippen LogP contribution in [0.1, 0.15) is 25.6 Å². The molecule has 3 rings (SSSR count). The first-order chi connectivity index (χ1) is 7.71. The summed E-state index contributed by atoms with van der Waals surface area (Å²) in [5.41, 5.74) is 7.42. The molecule has 0 atom stereocenters. The van der Waals surface area contributed by atoms with Gasteiger partial charge in [0.1, 0.15) is 5.82 Å². The van der Waals surface area contributed by atoms with Crippen molar-refractivity contribution in [1.82, 2.24) is 15.0 Å². The molecule has 16 heavy (non-hydrogen) atoms. The number of aromatic nitrogens is 3. The number of fused-ring (bicyclic) bond motifs is 1. The zero-order valence-corrected chi connectivity index (χ0v) is 9.16. The average molecular weight is 218 g/mol. The topological polar surface area (TPSA) is 76.8 Å². The van der Waals surface area contributed by atoms with Crippen molar-refractivity contribution in [2.45, 2.75) is 25.3 Å². The number of H-pyrrole nitrogens is 1. The second-order valence-electron chi connectivity index (χ2n) is 4.20. The standard InChI is InChI=1S/C11H14N4O/c1-2-16-8-4-3-7-9(14-8)15-10(13-7)11(12)5-6-11/h3-4H,2,5-6,12H2,1H3,(H,13,14,15). The van der Waals surface area contributed by atoms with E-state index < -0.39 is 0 Å². The molecule has 3 N–H and O–H groups in total. The molecule has 5 heteroatoms. The van der Waals surface area contributed by atoms with Gasteiger partial charge in [-0.2, -0.15) is 4.98 Å². The maximum atomic E-state index is 6.08.